The van der Waals surface area contributed by atoms with Gasteiger partial charge in [0.05, 0.1) is 11.6 Å². The standard InChI is InChI=1S/C30H34N4O8S/c1-30(2,3)42-28(36)24(17-40-19-11-12-21-20-8-6-7-9-22(20)32-23(21)15-19)31-16-26(35)18-10-13-27-25(14-18)34(29(37)41-27)43(38,39)33(4)5/h6-15,24,26,31-32,35H,16-17H2,1-5H3/t24-,26+/m1/s1. The van der Waals surface area contributed by atoms with E-state index >= 15 is 0 Å². The second-order valence-corrected chi connectivity index (χ2v) is 13.3. The number of aromatic nitrogens is 2. The fourth-order valence-electron chi connectivity index (χ4n) is 4.66. The van der Waals surface area contributed by atoms with Gasteiger partial charge in [-0.15, -0.1) is 0 Å². The summed E-state index contributed by atoms with van der Waals surface area (Å²) < 4.78 is 43.5. The number of oxazole rings is 1. The smallest absolute Gasteiger partial charge is 0.435 e. The van der Waals surface area contributed by atoms with Crippen molar-refractivity contribution in [3.63, 3.8) is 0 Å². The average molecular weight is 611 g/mol. The van der Waals surface area contributed by atoms with Gasteiger partial charge in [0.2, 0.25) is 0 Å². The van der Waals surface area contributed by atoms with Crippen LogP contribution in [0.2, 0.25) is 0 Å². The van der Waals surface area contributed by atoms with Crippen molar-refractivity contribution in [2.45, 2.75) is 38.5 Å². The summed E-state index contributed by atoms with van der Waals surface area (Å²) in [5.74, 6) is -1.09. The molecule has 0 bridgehead atoms. The number of fused-ring (bicyclic) bond motifs is 4. The van der Waals surface area contributed by atoms with Gasteiger partial charge in [0, 0.05) is 43.0 Å². The lowest BCUT2D eigenvalue weighted by Crippen LogP contribution is -2.46. The second kappa shape index (κ2) is 11.5. The third kappa shape index (κ3) is 6.30. The Morgan fingerprint density at radius 1 is 1.07 bits per heavy atom. The molecule has 228 valence electrons. The number of carbonyl (C=O) groups excluding carboxylic acids is 1. The number of H-pyrrole nitrogens is 1. The van der Waals surface area contributed by atoms with Gasteiger partial charge in [-0.2, -0.15) is 16.7 Å². The van der Waals surface area contributed by atoms with Crippen LogP contribution in [0.15, 0.2) is 69.9 Å². The number of benzene rings is 3. The van der Waals surface area contributed by atoms with Crippen LogP contribution in [0.25, 0.3) is 32.9 Å². The molecule has 0 saturated heterocycles. The van der Waals surface area contributed by atoms with Crippen molar-refractivity contribution in [1.29, 1.82) is 0 Å². The van der Waals surface area contributed by atoms with Crippen LogP contribution in [-0.2, 0) is 19.7 Å². The highest BCUT2D eigenvalue weighted by atomic mass is 32.2. The summed E-state index contributed by atoms with van der Waals surface area (Å²) in [4.78, 5) is 28.8. The van der Waals surface area contributed by atoms with E-state index in [9.17, 15) is 23.1 Å². The Balaban J connectivity index is 1.34. The first-order valence-corrected chi connectivity index (χ1v) is 15.0. The van der Waals surface area contributed by atoms with Crippen LogP contribution < -0.4 is 15.8 Å². The number of aliphatic hydroxyl groups excluding tert-OH is 1. The first-order valence-electron chi connectivity index (χ1n) is 13.6. The molecular weight excluding hydrogens is 576 g/mol. The monoisotopic (exact) mass is 610 g/mol. The highest BCUT2D eigenvalue weighted by molar-refractivity contribution is 7.87. The van der Waals surface area contributed by atoms with Crippen LogP contribution >= 0.6 is 0 Å². The van der Waals surface area contributed by atoms with Gasteiger partial charge in [0.15, 0.2) is 5.58 Å². The van der Waals surface area contributed by atoms with E-state index in [1.54, 1.807) is 20.8 Å². The van der Waals surface area contributed by atoms with Crippen LogP contribution in [-0.4, -0.2) is 71.6 Å². The molecule has 13 heteroatoms. The number of nitrogens with one attached hydrogen (secondary N) is 2. The molecule has 0 saturated carbocycles. The molecule has 43 heavy (non-hydrogen) atoms. The molecule has 0 radical (unpaired) electrons. The topological polar surface area (TPSA) is 156 Å². The first kappa shape index (κ1) is 30.3. The van der Waals surface area contributed by atoms with Crippen LogP contribution in [0.5, 0.6) is 5.75 Å². The van der Waals surface area contributed by atoms with Crippen molar-refractivity contribution in [1.82, 2.24) is 18.6 Å². The maximum atomic E-state index is 13.1. The molecule has 0 amide bonds. The van der Waals surface area contributed by atoms with E-state index in [1.807, 2.05) is 42.5 Å². The lowest BCUT2D eigenvalue weighted by Gasteiger charge is -2.25. The van der Waals surface area contributed by atoms with E-state index in [-0.39, 0.29) is 24.3 Å². The molecule has 12 nitrogen and oxygen atoms in total. The summed E-state index contributed by atoms with van der Waals surface area (Å²) in [6, 6.07) is 16.9. The van der Waals surface area contributed by atoms with Gasteiger partial charge < -0.3 is 24.0 Å². The van der Waals surface area contributed by atoms with Gasteiger partial charge in [-0.25, -0.2) is 4.79 Å². The fourth-order valence-corrected chi connectivity index (χ4v) is 5.60. The maximum absolute atomic E-state index is 13.1. The van der Waals surface area contributed by atoms with Crippen molar-refractivity contribution >= 4 is 49.1 Å². The Hall–Kier alpha value is -4.17. The molecule has 0 aliphatic rings. The summed E-state index contributed by atoms with van der Waals surface area (Å²) in [5, 5.41) is 16.1. The van der Waals surface area contributed by atoms with Crippen LogP contribution in [0.3, 0.4) is 0 Å². The predicted octanol–water partition coefficient (Wildman–Crippen LogP) is 3.30. The van der Waals surface area contributed by atoms with Crippen molar-refractivity contribution in [2.75, 3.05) is 27.2 Å². The van der Waals surface area contributed by atoms with Gasteiger partial charge in [0.25, 0.3) is 0 Å². The van der Waals surface area contributed by atoms with Crippen LogP contribution in [0.1, 0.15) is 32.4 Å². The largest absolute Gasteiger partial charge is 0.491 e. The molecule has 0 fully saturated rings. The van der Waals surface area contributed by atoms with Gasteiger partial charge in [-0.1, -0.05) is 24.3 Å². The summed E-state index contributed by atoms with van der Waals surface area (Å²) in [6.07, 6.45) is -1.18. The van der Waals surface area contributed by atoms with Gasteiger partial charge >= 0.3 is 21.9 Å². The SMILES string of the molecule is CN(C)S(=O)(=O)n1c(=O)oc2ccc([C@@H](O)CN[C@H](COc3ccc4c(c3)[nH]c3ccccc34)C(=O)OC(C)(C)C)cc21. The maximum Gasteiger partial charge on any atom is 0.435 e. The Morgan fingerprint density at radius 3 is 2.51 bits per heavy atom. The molecule has 3 N–H and O–H groups in total. The Morgan fingerprint density at radius 2 is 1.79 bits per heavy atom. The number of ether oxygens (including phenoxy) is 2. The number of aliphatic hydroxyl groups is 1. The lowest BCUT2D eigenvalue weighted by atomic mass is 10.1. The zero-order valence-corrected chi connectivity index (χ0v) is 25.3. The Kier molecular flexibility index (Phi) is 8.09. The number of hydrogen-bond acceptors (Lipinski definition) is 9. The second-order valence-electron chi connectivity index (χ2n) is 11.3. The van der Waals surface area contributed by atoms with Crippen molar-refractivity contribution in [3.05, 3.63) is 76.8 Å². The van der Waals surface area contributed by atoms with E-state index in [1.165, 1.54) is 32.3 Å². The number of aromatic amines is 1. The van der Waals surface area contributed by atoms with E-state index in [0.717, 1.165) is 26.1 Å². The van der Waals surface area contributed by atoms with Crippen molar-refractivity contribution in [2.24, 2.45) is 0 Å². The number of hydrogen-bond donors (Lipinski definition) is 3. The number of nitrogens with zero attached hydrogens (tertiary/aromatic N) is 2. The molecule has 5 rings (SSSR count). The normalized spacial score (nSPS) is 14.0. The summed E-state index contributed by atoms with van der Waals surface area (Å²) in [7, 11) is -1.59. The predicted molar refractivity (Wildman–Crippen MR) is 162 cm³/mol. The lowest BCUT2D eigenvalue weighted by molar-refractivity contribution is -0.158. The summed E-state index contributed by atoms with van der Waals surface area (Å²) in [5.41, 5.74) is 1.46. The van der Waals surface area contributed by atoms with E-state index in [4.69, 9.17) is 13.9 Å². The zero-order chi connectivity index (χ0) is 31.1. The van der Waals surface area contributed by atoms with Crippen molar-refractivity contribution in [3.8, 4) is 5.75 Å². The first-order chi connectivity index (χ1) is 20.2. The van der Waals surface area contributed by atoms with E-state index in [0.29, 0.717) is 15.3 Å². The quantitative estimate of drug-likeness (QED) is 0.202. The fraction of sp³-hybridized carbons (Fsp3) is 0.333. The molecule has 0 aliphatic carbocycles. The number of rotatable bonds is 10. The minimum Gasteiger partial charge on any atom is -0.491 e. The molecule has 3 aromatic carbocycles. The molecule has 0 unspecified atom stereocenters. The summed E-state index contributed by atoms with van der Waals surface area (Å²) in [6.45, 7) is 5.06. The van der Waals surface area contributed by atoms with E-state index < -0.39 is 39.7 Å². The molecule has 2 heterocycles. The molecular formula is C30H34N4O8S. The summed E-state index contributed by atoms with van der Waals surface area (Å²) >= 11 is 0. The van der Waals surface area contributed by atoms with Crippen LogP contribution in [0, 0.1) is 0 Å². The highest BCUT2D eigenvalue weighted by Crippen LogP contribution is 2.28. The average Bonchev–Trinajstić information content (AvgIpc) is 3.47. The van der Waals surface area contributed by atoms with Gasteiger partial charge in [-0.3, -0.25) is 10.1 Å². The highest BCUT2D eigenvalue weighted by Gasteiger charge is 2.28. The van der Waals surface area contributed by atoms with Gasteiger partial charge in [0.1, 0.15) is 29.5 Å². The third-order valence-electron chi connectivity index (χ3n) is 6.78. The molecule has 5 aromatic rings. The number of esters is 1. The molecule has 2 atom stereocenters. The Bertz CT molecular complexity index is 1970. The molecule has 0 spiro atoms. The van der Waals surface area contributed by atoms with Crippen molar-refractivity contribution < 1.29 is 32.2 Å². The van der Waals surface area contributed by atoms with Gasteiger partial charge in [-0.05, 0) is 56.7 Å². The van der Waals surface area contributed by atoms with E-state index in [2.05, 4.69) is 10.3 Å². The minimum atomic E-state index is -4.18. The Labute approximate surface area is 248 Å². The zero-order valence-electron chi connectivity index (χ0n) is 24.5. The minimum absolute atomic E-state index is 0.0188. The number of carbonyl (C=O) groups is 1. The molecule has 2 aromatic heterocycles. The third-order valence-corrected chi connectivity index (χ3v) is 8.52. The molecule has 0 aliphatic heterocycles. The number of para-hydroxylation sites is 1. The van der Waals surface area contributed by atoms with Crippen LogP contribution in [0.4, 0.5) is 0 Å².